The van der Waals surface area contributed by atoms with Crippen LogP contribution in [0.5, 0.6) is 0 Å². The summed E-state index contributed by atoms with van der Waals surface area (Å²) in [6.07, 6.45) is 5.61. The minimum atomic E-state index is 0.883. The molecule has 0 spiro atoms. The third-order valence-electron chi connectivity index (χ3n) is 5.07. The zero-order valence-corrected chi connectivity index (χ0v) is 16.5. The summed E-state index contributed by atoms with van der Waals surface area (Å²) in [5.74, 6) is 0.902. The number of nitrogens with one attached hydrogen (secondary N) is 2. The summed E-state index contributed by atoms with van der Waals surface area (Å²) in [7, 11) is 1.84. The number of aliphatic imine (C=N–C) groups is 1. The predicted octanol–water partition coefficient (Wildman–Crippen LogP) is 2.31. The van der Waals surface area contributed by atoms with Crippen LogP contribution in [-0.4, -0.2) is 68.4 Å². The number of hydrogen-bond acceptors (Lipinski definition) is 3. The van der Waals surface area contributed by atoms with Crippen molar-refractivity contribution in [3.63, 3.8) is 0 Å². The number of rotatable bonds is 9. The number of aromatic nitrogens is 1. The van der Waals surface area contributed by atoms with Crippen molar-refractivity contribution in [1.29, 1.82) is 0 Å². The molecule has 2 N–H and O–H groups in total. The van der Waals surface area contributed by atoms with Gasteiger partial charge in [0.15, 0.2) is 5.96 Å². The summed E-state index contributed by atoms with van der Waals surface area (Å²) in [4.78, 5) is 6.81. The second-order valence-electron chi connectivity index (χ2n) is 7.01. The largest absolute Gasteiger partial charge is 0.379 e. The van der Waals surface area contributed by atoms with Crippen LogP contribution in [-0.2, 0) is 11.3 Å². The van der Waals surface area contributed by atoms with Crippen molar-refractivity contribution in [2.45, 2.75) is 25.8 Å². The van der Waals surface area contributed by atoms with E-state index in [1.165, 1.54) is 23.9 Å². The molecule has 2 aromatic rings. The van der Waals surface area contributed by atoms with Gasteiger partial charge in [-0.15, -0.1) is 0 Å². The lowest BCUT2D eigenvalue weighted by atomic mass is 10.2. The van der Waals surface area contributed by atoms with Crippen LogP contribution in [0.15, 0.2) is 41.5 Å². The molecule has 148 valence electrons. The number of benzene rings is 1. The monoisotopic (exact) mass is 371 g/mol. The summed E-state index contributed by atoms with van der Waals surface area (Å²) in [6, 6.07) is 10.7. The van der Waals surface area contributed by atoms with Crippen molar-refractivity contribution in [2.24, 2.45) is 4.99 Å². The van der Waals surface area contributed by atoms with Crippen LogP contribution < -0.4 is 10.6 Å². The lowest BCUT2D eigenvalue weighted by Crippen LogP contribution is -2.39. The fourth-order valence-electron chi connectivity index (χ4n) is 3.50. The molecule has 0 atom stereocenters. The van der Waals surface area contributed by atoms with Gasteiger partial charge >= 0.3 is 0 Å². The van der Waals surface area contributed by atoms with E-state index in [-0.39, 0.29) is 0 Å². The van der Waals surface area contributed by atoms with Gasteiger partial charge in [-0.2, -0.15) is 0 Å². The van der Waals surface area contributed by atoms with E-state index in [4.69, 9.17) is 4.74 Å². The van der Waals surface area contributed by atoms with E-state index in [1.54, 1.807) is 0 Å². The van der Waals surface area contributed by atoms with E-state index in [1.807, 2.05) is 7.05 Å². The van der Waals surface area contributed by atoms with E-state index < -0.39 is 0 Å². The topological polar surface area (TPSA) is 53.8 Å². The first-order valence-corrected chi connectivity index (χ1v) is 10.2. The number of guanidine groups is 1. The lowest BCUT2D eigenvalue weighted by Gasteiger charge is -2.26. The molecule has 1 fully saturated rings. The SMILES string of the molecule is CN=C(NCCCCN1CCOCC1)NCCCn1ccc2ccccc21. The van der Waals surface area contributed by atoms with Gasteiger partial charge in [0.2, 0.25) is 0 Å². The zero-order valence-electron chi connectivity index (χ0n) is 16.5. The molecule has 27 heavy (non-hydrogen) atoms. The highest BCUT2D eigenvalue weighted by Crippen LogP contribution is 2.15. The van der Waals surface area contributed by atoms with E-state index in [0.717, 1.165) is 64.7 Å². The number of fused-ring (bicyclic) bond motifs is 1. The van der Waals surface area contributed by atoms with E-state index in [0.29, 0.717) is 0 Å². The molecule has 6 nitrogen and oxygen atoms in total. The summed E-state index contributed by atoms with van der Waals surface area (Å²) in [6.45, 7) is 7.98. The highest BCUT2D eigenvalue weighted by molar-refractivity contribution is 5.80. The fraction of sp³-hybridized carbons (Fsp3) is 0.571. The van der Waals surface area contributed by atoms with Crippen LogP contribution in [0.4, 0.5) is 0 Å². The molecule has 6 heteroatoms. The summed E-state index contributed by atoms with van der Waals surface area (Å²) in [5, 5.41) is 8.14. The molecule has 1 aromatic carbocycles. The Balaban J connectivity index is 1.26. The number of hydrogen-bond donors (Lipinski definition) is 2. The molecule has 0 saturated carbocycles. The highest BCUT2D eigenvalue weighted by atomic mass is 16.5. The third kappa shape index (κ3) is 6.26. The van der Waals surface area contributed by atoms with Crippen LogP contribution in [0.3, 0.4) is 0 Å². The maximum atomic E-state index is 5.39. The lowest BCUT2D eigenvalue weighted by molar-refractivity contribution is 0.0372. The van der Waals surface area contributed by atoms with Gasteiger partial charge in [-0.25, -0.2) is 0 Å². The van der Waals surface area contributed by atoms with Crippen molar-refractivity contribution < 1.29 is 4.74 Å². The van der Waals surface area contributed by atoms with Gasteiger partial charge < -0.3 is 19.9 Å². The number of morpholine rings is 1. The Morgan fingerprint density at radius 2 is 1.78 bits per heavy atom. The predicted molar refractivity (Wildman–Crippen MR) is 112 cm³/mol. The Kier molecular flexibility index (Phi) is 7.99. The van der Waals surface area contributed by atoms with Crippen molar-refractivity contribution in [3.05, 3.63) is 36.5 Å². The second-order valence-corrected chi connectivity index (χ2v) is 7.01. The maximum Gasteiger partial charge on any atom is 0.190 e. The summed E-state index contributed by atoms with van der Waals surface area (Å²) < 4.78 is 7.70. The summed E-state index contributed by atoms with van der Waals surface area (Å²) >= 11 is 0. The number of ether oxygens (including phenoxy) is 1. The molecule has 1 aliphatic heterocycles. The van der Waals surface area contributed by atoms with Crippen molar-refractivity contribution in [3.8, 4) is 0 Å². The normalized spacial score (nSPS) is 16.0. The smallest absolute Gasteiger partial charge is 0.190 e. The molecule has 0 radical (unpaired) electrons. The molecule has 1 aromatic heterocycles. The average Bonchev–Trinajstić information content (AvgIpc) is 3.13. The first-order chi connectivity index (χ1) is 13.4. The Bertz CT molecular complexity index is 705. The molecular weight excluding hydrogens is 338 g/mol. The Hall–Kier alpha value is -2.05. The first kappa shape index (κ1) is 19.7. The van der Waals surface area contributed by atoms with E-state index in [9.17, 15) is 0 Å². The van der Waals surface area contributed by atoms with Gasteiger partial charge in [0.25, 0.3) is 0 Å². The molecule has 3 rings (SSSR count). The minimum Gasteiger partial charge on any atom is -0.379 e. The van der Waals surface area contributed by atoms with Crippen molar-refractivity contribution >= 4 is 16.9 Å². The van der Waals surface area contributed by atoms with Crippen LogP contribution in [0.2, 0.25) is 0 Å². The van der Waals surface area contributed by atoms with E-state index >= 15 is 0 Å². The molecule has 2 heterocycles. The Morgan fingerprint density at radius 3 is 2.59 bits per heavy atom. The standard InChI is InChI=1S/C21H33N5O/c1-22-21(23-10-4-5-12-25-15-17-27-18-16-25)24-11-6-13-26-14-9-19-7-2-3-8-20(19)26/h2-3,7-9,14H,4-6,10-13,15-18H2,1H3,(H2,22,23,24). The molecular formula is C21H33N5O. The van der Waals surface area contributed by atoms with Crippen molar-refractivity contribution in [1.82, 2.24) is 20.1 Å². The molecule has 1 aliphatic rings. The van der Waals surface area contributed by atoms with Gasteiger partial charge in [0.05, 0.1) is 13.2 Å². The average molecular weight is 372 g/mol. The minimum absolute atomic E-state index is 0.883. The first-order valence-electron chi connectivity index (χ1n) is 10.2. The van der Waals surface area contributed by atoms with Crippen LogP contribution >= 0.6 is 0 Å². The molecule has 0 unspecified atom stereocenters. The number of nitrogens with zero attached hydrogens (tertiary/aromatic N) is 3. The molecule has 0 bridgehead atoms. The number of para-hydroxylation sites is 1. The molecule has 0 amide bonds. The van der Waals surface area contributed by atoms with Crippen LogP contribution in [0, 0.1) is 0 Å². The molecule has 0 aliphatic carbocycles. The third-order valence-corrected chi connectivity index (χ3v) is 5.07. The van der Waals surface area contributed by atoms with Gasteiger partial charge in [-0.3, -0.25) is 9.89 Å². The Morgan fingerprint density at radius 1 is 1.00 bits per heavy atom. The van der Waals surface area contributed by atoms with Gasteiger partial charge in [-0.1, -0.05) is 18.2 Å². The van der Waals surface area contributed by atoms with Gasteiger partial charge in [-0.05, 0) is 43.3 Å². The fourth-order valence-corrected chi connectivity index (χ4v) is 3.50. The maximum absolute atomic E-state index is 5.39. The zero-order chi connectivity index (χ0) is 18.7. The van der Waals surface area contributed by atoms with Crippen molar-refractivity contribution in [2.75, 3.05) is 53.0 Å². The second kappa shape index (κ2) is 10.9. The Labute approximate surface area is 162 Å². The van der Waals surface area contributed by atoms with Crippen LogP contribution in [0.25, 0.3) is 10.9 Å². The van der Waals surface area contributed by atoms with Crippen LogP contribution in [0.1, 0.15) is 19.3 Å². The number of unbranched alkanes of at least 4 members (excludes halogenated alkanes) is 1. The number of aryl methyl sites for hydroxylation is 1. The van der Waals surface area contributed by atoms with Gasteiger partial charge in [0.1, 0.15) is 0 Å². The summed E-state index contributed by atoms with van der Waals surface area (Å²) in [5.41, 5.74) is 1.31. The van der Waals surface area contributed by atoms with E-state index in [2.05, 4.69) is 61.6 Å². The van der Waals surface area contributed by atoms with Gasteiger partial charge in [0, 0.05) is 51.5 Å². The highest BCUT2D eigenvalue weighted by Gasteiger charge is 2.09. The molecule has 1 saturated heterocycles. The quantitative estimate of drug-likeness (QED) is 0.403.